The summed E-state index contributed by atoms with van der Waals surface area (Å²) in [6.45, 7) is 6.88. The molecule has 0 aliphatic carbocycles. The van der Waals surface area contributed by atoms with Gasteiger partial charge in [-0.2, -0.15) is 0 Å². The minimum Gasteiger partial charge on any atom is -0.373 e. The number of hydrogen-bond donors (Lipinski definition) is 1. The molecule has 0 aromatic carbocycles. The zero-order chi connectivity index (χ0) is 6.57. The van der Waals surface area contributed by atoms with Crippen LogP contribution in [0.4, 0.5) is 0 Å². The minimum atomic E-state index is 0.346. The molecular formula is C6H16NO+. The van der Waals surface area contributed by atoms with Crippen LogP contribution in [0, 0.1) is 0 Å². The zero-order valence-corrected chi connectivity index (χ0v) is 5.98. The van der Waals surface area contributed by atoms with Crippen LogP contribution in [0.3, 0.4) is 0 Å². The summed E-state index contributed by atoms with van der Waals surface area (Å²) >= 11 is 0. The van der Waals surface area contributed by atoms with Gasteiger partial charge >= 0.3 is 0 Å². The molecular weight excluding hydrogens is 102 g/mol. The standard InChI is InChI=1S/C6H15NO/c1-5(2)8-4-6(3)7/h5-6H,4,7H2,1-3H3/p+1. The van der Waals surface area contributed by atoms with E-state index in [1.807, 2.05) is 20.8 Å². The molecule has 0 rings (SSSR count). The molecule has 0 aliphatic heterocycles. The molecule has 0 saturated heterocycles. The summed E-state index contributed by atoms with van der Waals surface area (Å²) in [4.78, 5) is 0. The van der Waals surface area contributed by atoms with Gasteiger partial charge in [0.25, 0.3) is 0 Å². The maximum absolute atomic E-state index is 5.24. The summed E-state index contributed by atoms with van der Waals surface area (Å²) in [5.41, 5.74) is 3.79. The highest BCUT2D eigenvalue weighted by Gasteiger charge is 1.97. The van der Waals surface area contributed by atoms with Crippen molar-refractivity contribution in [1.29, 1.82) is 0 Å². The molecule has 0 saturated carbocycles. The maximum atomic E-state index is 5.24. The molecule has 0 bridgehead atoms. The fourth-order valence-corrected chi connectivity index (χ4v) is 0.357. The van der Waals surface area contributed by atoms with Crippen LogP contribution in [0.25, 0.3) is 0 Å². The van der Waals surface area contributed by atoms with Crippen LogP contribution in [-0.4, -0.2) is 18.8 Å². The minimum absolute atomic E-state index is 0.346. The van der Waals surface area contributed by atoms with Gasteiger partial charge in [0, 0.05) is 0 Å². The van der Waals surface area contributed by atoms with E-state index in [4.69, 9.17) is 4.74 Å². The van der Waals surface area contributed by atoms with Gasteiger partial charge in [-0.1, -0.05) is 0 Å². The second-order valence-corrected chi connectivity index (χ2v) is 2.49. The molecule has 8 heavy (non-hydrogen) atoms. The largest absolute Gasteiger partial charge is 0.373 e. The first-order valence-electron chi connectivity index (χ1n) is 3.07. The van der Waals surface area contributed by atoms with Crippen LogP contribution in [0.1, 0.15) is 20.8 Å². The van der Waals surface area contributed by atoms with Gasteiger partial charge in [0.15, 0.2) is 0 Å². The first-order chi connectivity index (χ1) is 3.63. The van der Waals surface area contributed by atoms with E-state index in [-0.39, 0.29) is 0 Å². The van der Waals surface area contributed by atoms with Crippen LogP contribution in [-0.2, 0) is 4.74 Å². The average Bonchev–Trinajstić information content (AvgIpc) is 1.61. The summed E-state index contributed by atoms with van der Waals surface area (Å²) in [5, 5.41) is 0. The highest BCUT2D eigenvalue weighted by molar-refractivity contribution is 4.41. The van der Waals surface area contributed by atoms with Crippen molar-refractivity contribution >= 4 is 0 Å². The Morgan fingerprint density at radius 3 is 2.00 bits per heavy atom. The molecule has 0 heterocycles. The van der Waals surface area contributed by atoms with Crippen LogP contribution >= 0.6 is 0 Å². The Balaban J connectivity index is 2.93. The maximum Gasteiger partial charge on any atom is 0.105 e. The SMILES string of the molecule is CC([NH3+])COC(C)C. The second kappa shape index (κ2) is 3.87. The van der Waals surface area contributed by atoms with Crippen molar-refractivity contribution in [2.45, 2.75) is 32.9 Å². The van der Waals surface area contributed by atoms with Crippen molar-refractivity contribution in [1.82, 2.24) is 0 Å². The molecule has 1 unspecified atom stereocenters. The third-order valence-electron chi connectivity index (χ3n) is 0.714. The molecule has 0 aliphatic rings. The quantitative estimate of drug-likeness (QED) is 0.558. The third-order valence-corrected chi connectivity index (χ3v) is 0.714. The second-order valence-electron chi connectivity index (χ2n) is 2.49. The van der Waals surface area contributed by atoms with Gasteiger partial charge in [0.05, 0.1) is 12.7 Å². The van der Waals surface area contributed by atoms with E-state index >= 15 is 0 Å². The number of ether oxygens (including phenoxy) is 1. The van der Waals surface area contributed by atoms with Crippen molar-refractivity contribution in [2.24, 2.45) is 0 Å². The van der Waals surface area contributed by atoms with E-state index in [9.17, 15) is 0 Å². The third kappa shape index (κ3) is 5.92. The Bertz CT molecular complexity index is 44.5. The molecule has 50 valence electrons. The summed E-state index contributed by atoms with van der Waals surface area (Å²) < 4.78 is 5.24. The molecule has 2 heteroatoms. The molecule has 3 N–H and O–H groups in total. The van der Waals surface area contributed by atoms with Crippen LogP contribution < -0.4 is 5.73 Å². The predicted octanol–water partition coefficient (Wildman–Crippen LogP) is 0.0418. The van der Waals surface area contributed by atoms with Gasteiger partial charge in [-0.25, -0.2) is 0 Å². The van der Waals surface area contributed by atoms with Gasteiger partial charge in [0.1, 0.15) is 6.04 Å². The van der Waals surface area contributed by atoms with Crippen molar-refractivity contribution < 1.29 is 10.5 Å². The van der Waals surface area contributed by atoms with E-state index in [1.54, 1.807) is 0 Å². The Labute approximate surface area is 51.0 Å². The van der Waals surface area contributed by atoms with Crippen molar-refractivity contribution in [3.63, 3.8) is 0 Å². The topological polar surface area (TPSA) is 36.9 Å². The smallest absolute Gasteiger partial charge is 0.105 e. The van der Waals surface area contributed by atoms with Gasteiger partial charge in [-0.3, -0.25) is 0 Å². The van der Waals surface area contributed by atoms with E-state index in [2.05, 4.69) is 5.73 Å². The first-order valence-corrected chi connectivity index (χ1v) is 3.07. The molecule has 2 nitrogen and oxygen atoms in total. The molecule has 0 fully saturated rings. The molecule has 0 aromatic rings. The van der Waals surface area contributed by atoms with E-state index < -0.39 is 0 Å². The van der Waals surface area contributed by atoms with Gasteiger partial charge in [-0.05, 0) is 20.8 Å². The van der Waals surface area contributed by atoms with Crippen LogP contribution in [0.15, 0.2) is 0 Å². The van der Waals surface area contributed by atoms with E-state index in [1.165, 1.54) is 0 Å². The predicted molar refractivity (Wildman–Crippen MR) is 33.4 cm³/mol. The number of rotatable bonds is 3. The summed E-state index contributed by atoms with van der Waals surface area (Å²) in [6.07, 6.45) is 0.346. The zero-order valence-electron chi connectivity index (χ0n) is 5.98. The lowest BCUT2D eigenvalue weighted by atomic mass is 10.4. The number of quaternary nitrogens is 1. The van der Waals surface area contributed by atoms with Crippen LogP contribution in [0.5, 0.6) is 0 Å². The van der Waals surface area contributed by atoms with Crippen molar-refractivity contribution in [3.05, 3.63) is 0 Å². The average molecular weight is 118 g/mol. The monoisotopic (exact) mass is 118 g/mol. The van der Waals surface area contributed by atoms with E-state index in [0.29, 0.717) is 12.1 Å². The molecule has 0 aromatic heterocycles. The lowest BCUT2D eigenvalue weighted by Crippen LogP contribution is -2.61. The molecule has 0 spiro atoms. The molecule has 0 radical (unpaired) electrons. The fraction of sp³-hybridized carbons (Fsp3) is 1.00. The summed E-state index contributed by atoms with van der Waals surface area (Å²) in [6, 6.07) is 0.414. The van der Waals surface area contributed by atoms with Crippen molar-refractivity contribution in [3.8, 4) is 0 Å². The highest BCUT2D eigenvalue weighted by Crippen LogP contribution is 1.86. The Morgan fingerprint density at radius 1 is 1.38 bits per heavy atom. The number of hydrogen-bond acceptors (Lipinski definition) is 1. The lowest BCUT2D eigenvalue weighted by molar-refractivity contribution is -0.422. The Kier molecular flexibility index (Phi) is 3.83. The van der Waals surface area contributed by atoms with Crippen LogP contribution in [0.2, 0.25) is 0 Å². The molecule has 1 atom stereocenters. The fourth-order valence-electron chi connectivity index (χ4n) is 0.357. The van der Waals surface area contributed by atoms with Gasteiger partial charge in [-0.15, -0.1) is 0 Å². The lowest BCUT2D eigenvalue weighted by Gasteiger charge is -2.06. The molecule has 0 amide bonds. The Morgan fingerprint density at radius 2 is 1.88 bits per heavy atom. The summed E-state index contributed by atoms with van der Waals surface area (Å²) in [7, 11) is 0. The van der Waals surface area contributed by atoms with Gasteiger partial charge < -0.3 is 10.5 Å². The summed E-state index contributed by atoms with van der Waals surface area (Å²) in [5.74, 6) is 0. The van der Waals surface area contributed by atoms with E-state index in [0.717, 1.165) is 6.61 Å². The van der Waals surface area contributed by atoms with Crippen molar-refractivity contribution in [2.75, 3.05) is 6.61 Å². The van der Waals surface area contributed by atoms with Gasteiger partial charge in [0.2, 0.25) is 0 Å². The normalized spacial score (nSPS) is 14.6. The first kappa shape index (κ1) is 7.92. The highest BCUT2D eigenvalue weighted by atomic mass is 16.5. The Hall–Kier alpha value is -0.0800.